The van der Waals surface area contributed by atoms with Crippen LogP contribution in [0.2, 0.25) is 0 Å². The van der Waals surface area contributed by atoms with Crippen molar-refractivity contribution in [3.63, 3.8) is 0 Å². The molecule has 1 aromatic rings. The lowest BCUT2D eigenvalue weighted by atomic mass is 10.2. The van der Waals surface area contributed by atoms with Gasteiger partial charge >= 0.3 is 0 Å². The maximum Gasteiger partial charge on any atom is 0.135 e. The summed E-state index contributed by atoms with van der Waals surface area (Å²) in [6.07, 6.45) is 0. The Morgan fingerprint density at radius 2 is 2.25 bits per heavy atom. The van der Waals surface area contributed by atoms with Crippen LogP contribution in [-0.2, 0) is 0 Å². The second kappa shape index (κ2) is 3.21. The SMILES string of the molecule is CNc1nc(C)ccc1C(=O)[O-]. The van der Waals surface area contributed by atoms with E-state index < -0.39 is 5.97 Å². The Bertz CT molecular complexity index is 310. The minimum atomic E-state index is -1.22. The first kappa shape index (κ1) is 8.52. The first-order valence-corrected chi connectivity index (χ1v) is 3.52. The van der Waals surface area contributed by atoms with Crippen molar-refractivity contribution >= 4 is 11.8 Å². The molecule has 64 valence electrons. The molecule has 0 saturated heterocycles. The van der Waals surface area contributed by atoms with Gasteiger partial charge in [0.2, 0.25) is 0 Å². The van der Waals surface area contributed by atoms with Gasteiger partial charge in [0.25, 0.3) is 0 Å². The van der Waals surface area contributed by atoms with E-state index in [2.05, 4.69) is 10.3 Å². The van der Waals surface area contributed by atoms with E-state index in [1.54, 1.807) is 20.0 Å². The molecule has 0 aliphatic carbocycles. The fraction of sp³-hybridized carbons (Fsp3) is 0.250. The molecule has 1 aromatic heterocycles. The molecule has 0 amide bonds. The minimum Gasteiger partial charge on any atom is -0.545 e. The van der Waals surface area contributed by atoms with Gasteiger partial charge in [-0.05, 0) is 19.1 Å². The monoisotopic (exact) mass is 165 g/mol. The largest absolute Gasteiger partial charge is 0.545 e. The van der Waals surface area contributed by atoms with Crippen LogP contribution in [0.4, 0.5) is 5.82 Å². The summed E-state index contributed by atoms with van der Waals surface area (Å²) in [4.78, 5) is 14.5. The lowest BCUT2D eigenvalue weighted by molar-refractivity contribution is -0.254. The van der Waals surface area contributed by atoms with Crippen molar-refractivity contribution in [1.29, 1.82) is 0 Å². The summed E-state index contributed by atoms with van der Waals surface area (Å²) in [5.74, 6) is -0.873. The zero-order valence-electron chi connectivity index (χ0n) is 6.92. The molecule has 1 N–H and O–H groups in total. The number of aromatic nitrogens is 1. The zero-order valence-corrected chi connectivity index (χ0v) is 6.92. The van der Waals surface area contributed by atoms with E-state index >= 15 is 0 Å². The molecule has 0 aliphatic rings. The van der Waals surface area contributed by atoms with Crippen molar-refractivity contribution in [2.45, 2.75) is 6.92 Å². The quantitative estimate of drug-likeness (QED) is 0.658. The number of carboxylic acids is 1. The lowest BCUT2D eigenvalue weighted by Gasteiger charge is -2.08. The molecular formula is C8H9N2O2-. The number of rotatable bonds is 2. The van der Waals surface area contributed by atoms with Crippen molar-refractivity contribution < 1.29 is 9.90 Å². The number of pyridine rings is 1. The smallest absolute Gasteiger partial charge is 0.135 e. The van der Waals surface area contributed by atoms with Gasteiger partial charge in [-0.1, -0.05) is 0 Å². The fourth-order valence-corrected chi connectivity index (χ4v) is 0.912. The van der Waals surface area contributed by atoms with Gasteiger partial charge in [0.15, 0.2) is 0 Å². The topological polar surface area (TPSA) is 65.0 Å². The van der Waals surface area contributed by atoms with Crippen LogP contribution < -0.4 is 10.4 Å². The summed E-state index contributed by atoms with van der Waals surface area (Å²) in [7, 11) is 1.62. The van der Waals surface area contributed by atoms with Crippen LogP contribution in [-0.4, -0.2) is 18.0 Å². The highest BCUT2D eigenvalue weighted by Crippen LogP contribution is 2.10. The number of anilines is 1. The molecule has 0 fully saturated rings. The highest BCUT2D eigenvalue weighted by molar-refractivity contribution is 5.91. The van der Waals surface area contributed by atoms with E-state index in [1.807, 2.05) is 0 Å². The number of carbonyl (C=O) groups excluding carboxylic acids is 1. The van der Waals surface area contributed by atoms with Crippen LogP contribution in [0.1, 0.15) is 16.1 Å². The normalized spacial score (nSPS) is 9.50. The zero-order chi connectivity index (χ0) is 9.14. The standard InChI is InChI=1S/C8H10N2O2/c1-5-3-4-6(8(11)12)7(9-2)10-5/h3-4H,1-2H3,(H,9,10)(H,11,12)/p-1. The maximum absolute atomic E-state index is 10.5. The Labute approximate surface area is 70.3 Å². The summed E-state index contributed by atoms with van der Waals surface area (Å²) in [5, 5.41) is 13.2. The van der Waals surface area contributed by atoms with Crippen LogP contribution in [0.25, 0.3) is 0 Å². The molecule has 4 heteroatoms. The molecule has 0 bridgehead atoms. The third kappa shape index (κ3) is 1.53. The predicted molar refractivity (Wildman–Crippen MR) is 42.9 cm³/mol. The molecule has 0 spiro atoms. The number of aryl methyl sites for hydroxylation is 1. The number of carboxylic acid groups (broad SMARTS) is 1. The summed E-state index contributed by atoms with van der Waals surface area (Å²) in [5.41, 5.74) is 0.854. The van der Waals surface area contributed by atoms with Gasteiger partial charge in [0.1, 0.15) is 5.82 Å². The first-order chi connectivity index (χ1) is 5.65. The molecule has 0 saturated carbocycles. The van der Waals surface area contributed by atoms with Crippen molar-refractivity contribution in [2.24, 2.45) is 0 Å². The summed E-state index contributed by atoms with van der Waals surface area (Å²) >= 11 is 0. The average Bonchev–Trinajstić information content (AvgIpc) is 2.03. The van der Waals surface area contributed by atoms with Gasteiger partial charge in [-0.15, -0.1) is 0 Å². The van der Waals surface area contributed by atoms with Crippen LogP contribution in [0.15, 0.2) is 12.1 Å². The third-order valence-electron chi connectivity index (χ3n) is 1.49. The highest BCUT2D eigenvalue weighted by atomic mass is 16.4. The predicted octanol–water partition coefficient (Wildman–Crippen LogP) is -0.205. The van der Waals surface area contributed by atoms with Crippen LogP contribution >= 0.6 is 0 Å². The van der Waals surface area contributed by atoms with Crippen LogP contribution in [0.5, 0.6) is 0 Å². The fourth-order valence-electron chi connectivity index (χ4n) is 0.912. The molecule has 0 radical (unpaired) electrons. The van der Waals surface area contributed by atoms with Crippen LogP contribution in [0, 0.1) is 6.92 Å². The summed E-state index contributed by atoms with van der Waals surface area (Å²) in [6, 6.07) is 3.11. The van der Waals surface area contributed by atoms with Gasteiger partial charge in [-0.25, -0.2) is 4.98 Å². The Balaban J connectivity index is 3.20. The molecule has 0 aliphatic heterocycles. The molecular weight excluding hydrogens is 156 g/mol. The van der Waals surface area contributed by atoms with Gasteiger partial charge < -0.3 is 15.2 Å². The molecule has 12 heavy (non-hydrogen) atoms. The average molecular weight is 165 g/mol. The molecule has 1 heterocycles. The Kier molecular flexibility index (Phi) is 2.28. The van der Waals surface area contributed by atoms with Crippen LogP contribution in [0.3, 0.4) is 0 Å². The van der Waals surface area contributed by atoms with E-state index in [1.165, 1.54) is 6.07 Å². The molecule has 4 nitrogen and oxygen atoms in total. The van der Waals surface area contributed by atoms with Gasteiger partial charge in [-0.2, -0.15) is 0 Å². The molecule has 0 atom stereocenters. The van der Waals surface area contributed by atoms with Crippen molar-refractivity contribution in [3.8, 4) is 0 Å². The van der Waals surface area contributed by atoms with E-state index in [0.717, 1.165) is 5.69 Å². The number of carbonyl (C=O) groups is 1. The maximum atomic E-state index is 10.5. The number of hydrogen-bond acceptors (Lipinski definition) is 4. The van der Waals surface area contributed by atoms with E-state index in [-0.39, 0.29) is 5.56 Å². The number of nitrogens with zero attached hydrogens (tertiary/aromatic N) is 1. The van der Waals surface area contributed by atoms with Crippen molar-refractivity contribution in [3.05, 3.63) is 23.4 Å². The first-order valence-electron chi connectivity index (χ1n) is 3.52. The molecule has 1 rings (SSSR count). The lowest BCUT2D eigenvalue weighted by Crippen LogP contribution is -2.23. The van der Waals surface area contributed by atoms with E-state index in [9.17, 15) is 9.90 Å². The van der Waals surface area contributed by atoms with Gasteiger partial charge in [-0.3, -0.25) is 0 Å². The highest BCUT2D eigenvalue weighted by Gasteiger charge is 2.02. The van der Waals surface area contributed by atoms with E-state index in [4.69, 9.17) is 0 Å². The number of aromatic carboxylic acids is 1. The van der Waals surface area contributed by atoms with E-state index in [0.29, 0.717) is 5.82 Å². The van der Waals surface area contributed by atoms with Crippen molar-refractivity contribution in [2.75, 3.05) is 12.4 Å². The third-order valence-corrected chi connectivity index (χ3v) is 1.49. The minimum absolute atomic E-state index is 0.0862. The molecule has 0 aromatic carbocycles. The second-order valence-electron chi connectivity index (χ2n) is 2.39. The summed E-state index contributed by atoms with van der Waals surface area (Å²) < 4.78 is 0. The molecule has 0 unspecified atom stereocenters. The van der Waals surface area contributed by atoms with Gasteiger partial charge in [0, 0.05) is 18.3 Å². The second-order valence-corrected chi connectivity index (χ2v) is 2.39. The van der Waals surface area contributed by atoms with Gasteiger partial charge in [0.05, 0.1) is 5.97 Å². The number of hydrogen-bond donors (Lipinski definition) is 1. The Hall–Kier alpha value is -1.58. The Morgan fingerprint density at radius 1 is 1.58 bits per heavy atom. The number of nitrogens with one attached hydrogen (secondary N) is 1. The van der Waals surface area contributed by atoms with Crippen molar-refractivity contribution in [1.82, 2.24) is 4.98 Å². The summed E-state index contributed by atoms with van der Waals surface area (Å²) in [6.45, 7) is 1.79. The Morgan fingerprint density at radius 3 is 2.75 bits per heavy atom.